The Kier molecular flexibility index (Phi) is 4.40. The number of allylic oxidation sites excluding steroid dienone is 1. The summed E-state index contributed by atoms with van der Waals surface area (Å²) in [6.07, 6.45) is 1.47. The number of benzene rings is 2. The molecule has 1 heterocycles. The summed E-state index contributed by atoms with van der Waals surface area (Å²) in [6.45, 7) is 0. The standard InChI is InChI=1S/C17H12N6O/c18-10-14(17-20-22-23-21-17)11-19-15-8-4-7-13(9-15)16(24)12-5-2-1-3-6-12/h1-9,11,19H,(H,20,21,22,23). The van der Waals surface area contributed by atoms with Gasteiger partial charge in [-0.2, -0.15) is 10.5 Å². The van der Waals surface area contributed by atoms with Crippen LogP contribution in [-0.2, 0) is 0 Å². The van der Waals surface area contributed by atoms with Crippen molar-refractivity contribution in [2.24, 2.45) is 0 Å². The summed E-state index contributed by atoms with van der Waals surface area (Å²) in [5.41, 5.74) is 2.07. The van der Waals surface area contributed by atoms with E-state index in [1.165, 1.54) is 6.20 Å². The summed E-state index contributed by atoms with van der Waals surface area (Å²) in [5.74, 6) is 0.128. The third kappa shape index (κ3) is 3.34. The maximum absolute atomic E-state index is 12.5. The van der Waals surface area contributed by atoms with Crippen LogP contribution in [-0.4, -0.2) is 26.4 Å². The molecule has 1 aromatic heterocycles. The van der Waals surface area contributed by atoms with E-state index >= 15 is 0 Å². The molecule has 0 aliphatic rings. The number of ketones is 1. The van der Waals surface area contributed by atoms with E-state index in [0.717, 1.165) is 0 Å². The van der Waals surface area contributed by atoms with Gasteiger partial charge in [0.1, 0.15) is 11.6 Å². The van der Waals surface area contributed by atoms with E-state index in [2.05, 4.69) is 25.9 Å². The Hall–Kier alpha value is -3.79. The molecule has 2 N–H and O–H groups in total. The van der Waals surface area contributed by atoms with Crippen LogP contribution in [0.4, 0.5) is 5.69 Å². The monoisotopic (exact) mass is 316 g/mol. The van der Waals surface area contributed by atoms with Crippen molar-refractivity contribution in [1.29, 1.82) is 5.26 Å². The predicted molar refractivity (Wildman–Crippen MR) is 87.7 cm³/mol. The van der Waals surface area contributed by atoms with E-state index in [0.29, 0.717) is 16.8 Å². The summed E-state index contributed by atoms with van der Waals surface area (Å²) < 4.78 is 0. The first kappa shape index (κ1) is 15.1. The highest BCUT2D eigenvalue weighted by Gasteiger charge is 2.09. The van der Waals surface area contributed by atoms with Crippen LogP contribution in [0.1, 0.15) is 21.7 Å². The van der Waals surface area contributed by atoms with Gasteiger partial charge in [0, 0.05) is 23.0 Å². The van der Waals surface area contributed by atoms with Crippen molar-refractivity contribution < 1.29 is 4.79 Å². The van der Waals surface area contributed by atoms with Gasteiger partial charge in [-0.3, -0.25) is 4.79 Å². The van der Waals surface area contributed by atoms with Crippen LogP contribution < -0.4 is 5.32 Å². The van der Waals surface area contributed by atoms with Crippen LogP contribution in [0.25, 0.3) is 5.57 Å². The molecule has 2 aromatic carbocycles. The number of hydrogen-bond donors (Lipinski definition) is 2. The maximum atomic E-state index is 12.5. The van der Waals surface area contributed by atoms with Crippen LogP contribution in [0.2, 0.25) is 0 Å². The third-order valence-electron chi connectivity index (χ3n) is 3.25. The fourth-order valence-corrected chi connectivity index (χ4v) is 2.08. The molecule has 0 aliphatic carbocycles. The zero-order valence-electron chi connectivity index (χ0n) is 12.5. The van der Waals surface area contributed by atoms with Crippen LogP contribution in [0.3, 0.4) is 0 Å². The van der Waals surface area contributed by atoms with Gasteiger partial charge in [-0.05, 0) is 17.3 Å². The highest BCUT2D eigenvalue weighted by atomic mass is 16.1. The second-order valence-corrected chi connectivity index (χ2v) is 4.83. The molecule has 0 spiro atoms. The molecule has 116 valence electrons. The second-order valence-electron chi connectivity index (χ2n) is 4.83. The molecule has 3 rings (SSSR count). The number of rotatable bonds is 5. The summed E-state index contributed by atoms with van der Waals surface area (Å²) in [6, 6.07) is 18.1. The average molecular weight is 316 g/mol. The first-order chi connectivity index (χ1) is 11.8. The lowest BCUT2D eigenvalue weighted by Crippen LogP contribution is -2.01. The minimum Gasteiger partial charge on any atom is -0.360 e. The van der Waals surface area contributed by atoms with E-state index in [-0.39, 0.29) is 17.2 Å². The molecule has 0 amide bonds. The zero-order valence-corrected chi connectivity index (χ0v) is 12.5. The molecule has 0 aliphatic heterocycles. The van der Waals surface area contributed by atoms with Gasteiger partial charge in [-0.15, -0.1) is 10.2 Å². The molecule has 0 saturated carbocycles. The van der Waals surface area contributed by atoms with Crippen molar-refractivity contribution in [2.75, 3.05) is 5.32 Å². The van der Waals surface area contributed by atoms with Crippen LogP contribution in [0, 0.1) is 11.3 Å². The number of carbonyl (C=O) groups excluding carboxylic acids is 1. The molecule has 0 saturated heterocycles. The molecule has 0 radical (unpaired) electrons. The quantitative estimate of drug-likeness (QED) is 0.553. The maximum Gasteiger partial charge on any atom is 0.216 e. The second kappa shape index (κ2) is 6.98. The first-order valence-electron chi connectivity index (χ1n) is 7.08. The number of H-pyrrole nitrogens is 1. The summed E-state index contributed by atoms with van der Waals surface area (Å²) in [5, 5.41) is 25.3. The Bertz CT molecular complexity index is 910. The van der Waals surface area contributed by atoms with E-state index in [4.69, 9.17) is 5.26 Å². The predicted octanol–water partition coefficient (Wildman–Crippen LogP) is 2.41. The number of hydrogen-bond acceptors (Lipinski definition) is 6. The molecule has 24 heavy (non-hydrogen) atoms. The number of aromatic nitrogens is 4. The zero-order chi connectivity index (χ0) is 16.8. The lowest BCUT2D eigenvalue weighted by molar-refractivity contribution is 0.103. The molecular weight excluding hydrogens is 304 g/mol. The first-order valence-corrected chi connectivity index (χ1v) is 7.08. The van der Waals surface area contributed by atoms with Gasteiger partial charge in [0.05, 0.1) is 0 Å². The Morgan fingerprint density at radius 3 is 2.62 bits per heavy atom. The molecular formula is C17H12N6O. The van der Waals surface area contributed by atoms with Crippen molar-refractivity contribution in [2.45, 2.75) is 0 Å². The van der Waals surface area contributed by atoms with Crippen LogP contribution >= 0.6 is 0 Å². The SMILES string of the molecule is N#CC(=CNc1cccc(C(=O)c2ccccc2)c1)c1nn[nH]n1. The number of anilines is 1. The van der Waals surface area contributed by atoms with Crippen molar-refractivity contribution in [3.8, 4) is 6.07 Å². The van der Waals surface area contributed by atoms with Gasteiger partial charge >= 0.3 is 0 Å². The molecule has 0 unspecified atom stereocenters. The normalized spacial score (nSPS) is 10.9. The van der Waals surface area contributed by atoms with Gasteiger partial charge in [0.25, 0.3) is 0 Å². The third-order valence-corrected chi connectivity index (χ3v) is 3.25. The summed E-state index contributed by atoms with van der Waals surface area (Å²) >= 11 is 0. The molecule has 7 heteroatoms. The van der Waals surface area contributed by atoms with Crippen molar-refractivity contribution in [3.63, 3.8) is 0 Å². The van der Waals surface area contributed by atoms with Gasteiger partial charge in [0.2, 0.25) is 5.82 Å². The van der Waals surface area contributed by atoms with Crippen LogP contribution in [0.5, 0.6) is 0 Å². The highest BCUT2D eigenvalue weighted by molar-refractivity contribution is 6.09. The highest BCUT2D eigenvalue weighted by Crippen LogP contribution is 2.16. The lowest BCUT2D eigenvalue weighted by atomic mass is 10.0. The largest absolute Gasteiger partial charge is 0.360 e. The smallest absolute Gasteiger partial charge is 0.216 e. The van der Waals surface area contributed by atoms with Crippen molar-refractivity contribution in [3.05, 3.63) is 77.7 Å². The lowest BCUT2D eigenvalue weighted by Gasteiger charge is -2.05. The Balaban J connectivity index is 1.81. The minimum absolute atomic E-state index is 0.0677. The molecule has 0 fully saturated rings. The van der Waals surface area contributed by atoms with Crippen molar-refractivity contribution in [1.82, 2.24) is 20.6 Å². The number of carbonyl (C=O) groups is 1. The Morgan fingerprint density at radius 2 is 1.92 bits per heavy atom. The van der Waals surface area contributed by atoms with Gasteiger partial charge in [-0.25, -0.2) is 0 Å². The number of aromatic amines is 1. The molecule has 0 bridgehead atoms. The van der Waals surface area contributed by atoms with Gasteiger partial charge in [0.15, 0.2) is 5.78 Å². The van der Waals surface area contributed by atoms with E-state index < -0.39 is 0 Å². The number of nitriles is 1. The van der Waals surface area contributed by atoms with Gasteiger partial charge in [-0.1, -0.05) is 42.5 Å². The molecule has 3 aromatic rings. The van der Waals surface area contributed by atoms with Crippen LogP contribution in [0.15, 0.2) is 60.8 Å². The fraction of sp³-hybridized carbons (Fsp3) is 0. The average Bonchev–Trinajstić information content (AvgIpc) is 3.17. The molecule has 7 nitrogen and oxygen atoms in total. The summed E-state index contributed by atoms with van der Waals surface area (Å²) in [7, 11) is 0. The fourth-order valence-electron chi connectivity index (χ4n) is 2.08. The Morgan fingerprint density at radius 1 is 1.12 bits per heavy atom. The summed E-state index contributed by atoms with van der Waals surface area (Å²) in [4.78, 5) is 12.5. The van der Waals surface area contributed by atoms with E-state index in [1.54, 1.807) is 36.4 Å². The topological polar surface area (TPSA) is 107 Å². The van der Waals surface area contributed by atoms with Gasteiger partial charge < -0.3 is 5.32 Å². The van der Waals surface area contributed by atoms with E-state index in [9.17, 15) is 4.79 Å². The number of tetrazole rings is 1. The Labute approximate surface area is 137 Å². The van der Waals surface area contributed by atoms with Crippen molar-refractivity contribution >= 4 is 17.0 Å². The van der Waals surface area contributed by atoms with E-state index in [1.807, 2.05) is 24.3 Å². The number of nitrogens with one attached hydrogen (secondary N) is 2. The minimum atomic E-state index is -0.0677. The molecule has 0 atom stereocenters. The number of nitrogens with zero attached hydrogens (tertiary/aromatic N) is 4.